The van der Waals surface area contributed by atoms with Crippen molar-refractivity contribution in [3.8, 4) is 5.69 Å². The van der Waals surface area contributed by atoms with Crippen LogP contribution in [0.5, 0.6) is 0 Å². The molecule has 3 rings (SSSR count). The Balaban J connectivity index is 1.92. The van der Waals surface area contributed by atoms with Crippen molar-refractivity contribution < 1.29 is 9.15 Å². The lowest BCUT2D eigenvalue weighted by molar-refractivity contribution is 0.120. The molecule has 7 heteroatoms. The van der Waals surface area contributed by atoms with Gasteiger partial charge in [-0.25, -0.2) is 4.79 Å². The molecule has 0 spiro atoms. The molecule has 0 unspecified atom stereocenters. The van der Waals surface area contributed by atoms with Crippen molar-refractivity contribution >= 4 is 17.6 Å². The predicted octanol–water partition coefficient (Wildman–Crippen LogP) is 1.32. The molecular formula is C12H12ClN3O3. The number of benzene rings is 1. The van der Waals surface area contributed by atoms with Gasteiger partial charge in [0.25, 0.3) is 0 Å². The van der Waals surface area contributed by atoms with Crippen LogP contribution in [0.15, 0.2) is 33.5 Å². The summed E-state index contributed by atoms with van der Waals surface area (Å²) in [5.41, 5.74) is 0.623. The quantitative estimate of drug-likeness (QED) is 0.831. The van der Waals surface area contributed by atoms with Gasteiger partial charge in [-0.2, -0.15) is 4.68 Å². The van der Waals surface area contributed by atoms with E-state index >= 15 is 0 Å². The van der Waals surface area contributed by atoms with Crippen LogP contribution in [0.2, 0.25) is 5.02 Å². The van der Waals surface area contributed by atoms with Crippen molar-refractivity contribution in [1.82, 2.24) is 9.78 Å². The predicted molar refractivity (Wildman–Crippen MR) is 70.1 cm³/mol. The maximum Gasteiger partial charge on any atom is 0.443 e. The molecule has 0 saturated carbocycles. The van der Waals surface area contributed by atoms with Crippen LogP contribution in [0.25, 0.3) is 5.69 Å². The minimum atomic E-state index is -0.510. The number of ether oxygens (including phenoxy) is 1. The molecule has 1 aromatic carbocycles. The Bertz CT molecular complexity index is 614. The maximum absolute atomic E-state index is 11.8. The van der Waals surface area contributed by atoms with Crippen LogP contribution >= 0.6 is 11.6 Å². The summed E-state index contributed by atoms with van der Waals surface area (Å²) in [6, 6.07) is 7.16. The van der Waals surface area contributed by atoms with Crippen LogP contribution in [-0.4, -0.2) is 36.1 Å². The molecule has 1 aromatic heterocycles. The number of anilines is 1. The third kappa shape index (κ3) is 2.50. The highest BCUT2D eigenvalue weighted by atomic mass is 35.5. The van der Waals surface area contributed by atoms with E-state index in [4.69, 9.17) is 20.8 Å². The summed E-state index contributed by atoms with van der Waals surface area (Å²) < 4.78 is 11.6. The standard InChI is InChI=1S/C12H12ClN3O3/c13-9-1-3-10(4-2-9)16-12(17)19-11(14-16)15-5-7-18-8-6-15/h1-4H,5-8H2. The molecule has 0 aliphatic carbocycles. The van der Waals surface area contributed by atoms with Gasteiger partial charge in [-0.05, 0) is 24.3 Å². The molecule has 0 N–H and O–H groups in total. The number of hydrogen-bond donors (Lipinski definition) is 0. The van der Waals surface area contributed by atoms with Gasteiger partial charge in [0.1, 0.15) is 0 Å². The summed E-state index contributed by atoms with van der Waals surface area (Å²) in [7, 11) is 0. The summed E-state index contributed by atoms with van der Waals surface area (Å²) in [6.45, 7) is 2.55. The summed E-state index contributed by atoms with van der Waals surface area (Å²) in [4.78, 5) is 13.7. The van der Waals surface area contributed by atoms with Crippen LogP contribution < -0.4 is 10.7 Å². The molecule has 1 aliphatic rings. The lowest BCUT2D eigenvalue weighted by Crippen LogP contribution is -2.36. The normalized spacial score (nSPS) is 15.7. The lowest BCUT2D eigenvalue weighted by Gasteiger charge is -2.24. The Kier molecular flexibility index (Phi) is 3.27. The van der Waals surface area contributed by atoms with E-state index in [1.807, 2.05) is 4.90 Å². The summed E-state index contributed by atoms with van der Waals surface area (Å²) in [5.74, 6) is -0.510. The smallest absolute Gasteiger partial charge is 0.378 e. The van der Waals surface area contributed by atoms with E-state index in [2.05, 4.69) is 5.10 Å². The number of morpholine rings is 1. The fraction of sp³-hybridized carbons (Fsp3) is 0.333. The van der Waals surface area contributed by atoms with Crippen LogP contribution in [0.4, 0.5) is 6.01 Å². The van der Waals surface area contributed by atoms with Gasteiger partial charge in [-0.1, -0.05) is 11.6 Å². The molecule has 1 fully saturated rings. The Morgan fingerprint density at radius 2 is 1.84 bits per heavy atom. The lowest BCUT2D eigenvalue weighted by atomic mass is 10.3. The third-order valence-electron chi connectivity index (χ3n) is 2.89. The van der Waals surface area contributed by atoms with Gasteiger partial charge in [0.15, 0.2) is 0 Å². The van der Waals surface area contributed by atoms with Gasteiger partial charge in [-0.3, -0.25) is 0 Å². The van der Waals surface area contributed by atoms with Gasteiger partial charge in [0.05, 0.1) is 18.9 Å². The van der Waals surface area contributed by atoms with E-state index in [0.717, 1.165) is 0 Å². The highest BCUT2D eigenvalue weighted by molar-refractivity contribution is 6.30. The molecule has 100 valence electrons. The van der Waals surface area contributed by atoms with E-state index in [1.54, 1.807) is 24.3 Å². The number of hydrogen-bond acceptors (Lipinski definition) is 5. The average Bonchev–Trinajstić information content (AvgIpc) is 2.83. The topological polar surface area (TPSA) is 60.5 Å². The molecule has 0 radical (unpaired) electrons. The van der Waals surface area contributed by atoms with Crippen LogP contribution in [0.1, 0.15) is 0 Å². The first-order valence-electron chi connectivity index (χ1n) is 5.93. The Labute approximate surface area is 114 Å². The highest BCUT2D eigenvalue weighted by Crippen LogP contribution is 2.14. The van der Waals surface area contributed by atoms with Crippen LogP contribution in [0, 0.1) is 0 Å². The fourth-order valence-corrected chi connectivity index (χ4v) is 2.02. The van der Waals surface area contributed by atoms with Crippen molar-refractivity contribution in [2.45, 2.75) is 0 Å². The van der Waals surface area contributed by atoms with Crippen molar-refractivity contribution in [3.05, 3.63) is 39.8 Å². The molecule has 0 bridgehead atoms. The number of rotatable bonds is 2. The molecule has 19 heavy (non-hydrogen) atoms. The van der Waals surface area contributed by atoms with E-state index in [-0.39, 0.29) is 0 Å². The molecule has 2 aromatic rings. The van der Waals surface area contributed by atoms with Crippen molar-refractivity contribution in [2.75, 3.05) is 31.2 Å². The van der Waals surface area contributed by atoms with E-state index in [9.17, 15) is 4.79 Å². The number of halogens is 1. The second-order valence-corrected chi connectivity index (χ2v) is 4.57. The van der Waals surface area contributed by atoms with Gasteiger partial charge in [-0.15, -0.1) is 5.10 Å². The monoisotopic (exact) mass is 281 g/mol. The first kappa shape index (κ1) is 12.3. The van der Waals surface area contributed by atoms with E-state index < -0.39 is 5.76 Å². The molecular weight excluding hydrogens is 270 g/mol. The minimum Gasteiger partial charge on any atom is -0.378 e. The number of aromatic nitrogens is 2. The molecule has 1 aliphatic heterocycles. The van der Waals surface area contributed by atoms with E-state index in [0.29, 0.717) is 43.0 Å². The maximum atomic E-state index is 11.8. The van der Waals surface area contributed by atoms with Gasteiger partial charge in [0, 0.05) is 18.1 Å². The Morgan fingerprint density at radius 3 is 2.53 bits per heavy atom. The summed E-state index contributed by atoms with van der Waals surface area (Å²) >= 11 is 5.81. The first-order valence-corrected chi connectivity index (χ1v) is 6.30. The minimum absolute atomic E-state index is 0.322. The fourth-order valence-electron chi connectivity index (χ4n) is 1.90. The average molecular weight is 282 g/mol. The van der Waals surface area contributed by atoms with Gasteiger partial charge >= 0.3 is 11.8 Å². The third-order valence-corrected chi connectivity index (χ3v) is 3.14. The zero-order valence-electron chi connectivity index (χ0n) is 10.1. The highest BCUT2D eigenvalue weighted by Gasteiger charge is 2.18. The molecule has 0 amide bonds. The SMILES string of the molecule is O=c1oc(N2CCOCC2)nn1-c1ccc(Cl)cc1. The zero-order chi connectivity index (χ0) is 13.2. The second kappa shape index (κ2) is 5.07. The van der Waals surface area contributed by atoms with Gasteiger partial charge < -0.3 is 14.1 Å². The van der Waals surface area contributed by atoms with Crippen LogP contribution in [-0.2, 0) is 4.74 Å². The molecule has 6 nitrogen and oxygen atoms in total. The van der Waals surface area contributed by atoms with Crippen molar-refractivity contribution in [1.29, 1.82) is 0 Å². The first-order chi connectivity index (χ1) is 9.24. The van der Waals surface area contributed by atoms with E-state index in [1.165, 1.54) is 4.68 Å². The Morgan fingerprint density at radius 1 is 1.16 bits per heavy atom. The molecule has 1 saturated heterocycles. The summed E-state index contributed by atoms with van der Waals surface area (Å²) in [5, 5.41) is 4.80. The summed E-state index contributed by atoms with van der Waals surface area (Å²) in [6.07, 6.45) is 0. The van der Waals surface area contributed by atoms with Crippen LogP contribution in [0.3, 0.4) is 0 Å². The molecule has 2 heterocycles. The van der Waals surface area contributed by atoms with Crippen molar-refractivity contribution in [3.63, 3.8) is 0 Å². The number of nitrogens with zero attached hydrogens (tertiary/aromatic N) is 3. The second-order valence-electron chi connectivity index (χ2n) is 4.14. The van der Waals surface area contributed by atoms with Crippen molar-refractivity contribution in [2.24, 2.45) is 0 Å². The molecule has 0 atom stereocenters. The van der Waals surface area contributed by atoms with Gasteiger partial charge in [0.2, 0.25) is 0 Å². The largest absolute Gasteiger partial charge is 0.443 e. The Hall–Kier alpha value is -1.79. The zero-order valence-corrected chi connectivity index (χ0v) is 10.8.